The van der Waals surface area contributed by atoms with Gasteiger partial charge in [0, 0.05) is 17.1 Å². The zero-order valence-electron chi connectivity index (χ0n) is 21.6. The lowest BCUT2D eigenvalue weighted by atomic mass is 10.0. The van der Waals surface area contributed by atoms with Crippen LogP contribution in [0.4, 0.5) is 13.2 Å². The van der Waals surface area contributed by atoms with Crippen molar-refractivity contribution in [2.75, 3.05) is 0 Å². The van der Waals surface area contributed by atoms with Gasteiger partial charge in [-0.3, -0.25) is 9.78 Å². The highest BCUT2D eigenvalue weighted by atomic mass is 32.2. The van der Waals surface area contributed by atoms with Crippen LogP contribution in [0.2, 0.25) is 0 Å². The van der Waals surface area contributed by atoms with Crippen LogP contribution in [0.1, 0.15) is 32.3 Å². The number of pyridine rings is 1. The third-order valence-corrected chi connectivity index (χ3v) is 9.39. The van der Waals surface area contributed by atoms with Gasteiger partial charge in [-0.05, 0) is 74.2 Å². The van der Waals surface area contributed by atoms with Crippen molar-refractivity contribution in [1.82, 2.24) is 9.97 Å². The molecule has 0 aliphatic heterocycles. The molecule has 0 spiro atoms. The SMILES string of the molecule is CC(C)O[C@@H]1C[C@H](S(=O)(=O)c2ccc(-c3ccnc(-c4cc5ccccc5[nH]4)c3)cc2C(F)(F)F)C[C@H]1C(=O)O. The number of hydrogen-bond donors (Lipinski definition) is 2. The number of carbonyl (C=O) groups is 1. The molecule has 2 heterocycles. The molecular weight excluding hydrogens is 545 g/mol. The number of para-hydroxylation sites is 1. The molecule has 40 heavy (non-hydrogen) atoms. The van der Waals surface area contributed by atoms with Crippen molar-refractivity contribution in [3.8, 4) is 22.5 Å². The van der Waals surface area contributed by atoms with Crippen molar-refractivity contribution in [3.05, 3.63) is 72.4 Å². The summed E-state index contributed by atoms with van der Waals surface area (Å²) in [6.07, 6.45) is -5.29. The molecule has 210 valence electrons. The van der Waals surface area contributed by atoms with Gasteiger partial charge in [0.05, 0.1) is 45.2 Å². The fourth-order valence-corrected chi connectivity index (χ4v) is 7.30. The lowest BCUT2D eigenvalue weighted by Crippen LogP contribution is -2.27. The quantitative estimate of drug-likeness (QED) is 0.267. The van der Waals surface area contributed by atoms with Crippen molar-refractivity contribution in [3.63, 3.8) is 0 Å². The van der Waals surface area contributed by atoms with Gasteiger partial charge in [0.15, 0.2) is 9.84 Å². The van der Waals surface area contributed by atoms with Crippen LogP contribution in [-0.4, -0.2) is 46.9 Å². The number of carboxylic acid groups (broad SMARTS) is 1. The Kier molecular flexibility index (Phi) is 7.22. The molecule has 2 aromatic heterocycles. The number of carboxylic acids is 1. The molecule has 5 rings (SSSR count). The summed E-state index contributed by atoms with van der Waals surface area (Å²) in [5.41, 5.74) is 1.38. The molecule has 2 aromatic carbocycles. The van der Waals surface area contributed by atoms with E-state index in [2.05, 4.69) is 9.97 Å². The van der Waals surface area contributed by atoms with Crippen LogP contribution in [0.25, 0.3) is 33.4 Å². The number of nitrogens with one attached hydrogen (secondary N) is 1. The molecular formula is C29H27F3N2O5S. The Morgan fingerprint density at radius 3 is 2.45 bits per heavy atom. The maximum atomic E-state index is 14.3. The number of aliphatic carboxylic acids is 1. The standard InChI is InChI=1S/C29H27F3N2O5S/c1-16(2)39-26-15-20(14-21(26)28(35)36)40(37,38)27-8-7-17(11-22(27)29(30,31)32)18-9-10-33-24(12-18)25-13-19-5-3-4-6-23(19)34-25/h3-13,16,20-21,26,34H,14-15H2,1-2H3,(H,35,36)/t20-,21-,26-/m1/s1. The number of aromatic amines is 1. The normalized spacial score (nSPS) is 19.9. The van der Waals surface area contributed by atoms with Crippen molar-refractivity contribution < 1.29 is 36.2 Å². The van der Waals surface area contributed by atoms with Crippen LogP contribution in [0.5, 0.6) is 0 Å². The molecule has 0 saturated heterocycles. The number of halogens is 3. The number of ether oxygens (including phenoxy) is 1. The first-order valence-corrected chi connectivity index (χ1v) is 14.3. The summed E-state index contributed by atoms with van der Waals surface area (Å²) in [4.78, 5) is 18.5. The van der Waals surface area contributed by atoms with Crippen LogP contribution >= 0.6 is 0 Å². The van der Waals surface area contributed by atoms with Crippen molar-refractivity contribution in [2.45, 2.75) is 55.2 Å². The first-order chi connectivity index (χ1) is 18.8. The molecule has 0 amide bonds. The topological polar surface area (TPSA) is 109 Å². The number of hydrogen-bond acceptors (Lipinski definition) is 5. The van der Waals surface area contributed by atoms with E-state index in [0.717, 1.165) is 23.0 Å². The number of rotatable bonds is 7. The summed E-state index contributed by atoms with van der Waals surface area (Å²) in [6, 6.07) is 15.8. The molecule has 3 atom stereocenters. The van der Waals surface area contributed by atoms with Crippen LogP contribution in [-0.2, 0) is 25.5 Å². The van der Waals surface area contributed by atoms with Gasteiger partial charge >= 0.3 is 12.1 Å². The molecule has 1 fully saturated rings. The predicted molar refractivity (Wildman–Crippen MR) is 143 cm³/mol. The molecule has 1 aliphatic rings. The zero-order valence-corrected chi connectivity index (χ0v) is 22.5. The molecule has 11 heteroatoms. The molecule has 4 aromatic rings. The summed E-state index contributed by atoms with van der Waals surface area (Å²) < 4.78 is 75.5. The summed E-state index contributed by atoms with van der Waals surface area (Å²) in [6.45, 7) is 3.37. The highest BCUT2D eigenvalue weighted by Crippen LogP contribution is 2.42. The molecule has 0 unspecified atom stereocenters. The number of nitrogens with zero attached hydrogens (tertiary/aromatic N) is 1. The van der Waals surface area contributed by atoms with Gasteiger partial charge in [-0.2, -0.15) is 13.2 Å². The van der Waals surface area contributed by atoms with Gasteiger partial charge in [-0.1, -0.05) is 24.3 Å². The zero-order chi connectivity index (χ0) is 28.8. The highest BCUT2D eigenvalue weighted by molar-refractivity contribution is 7.92. The van der Waals surface area contributed by atoms with Gasteiger partial charge in [0.2, 0.25) is 0 Å². The molecule has 7 nitrogen and oxygen atoms in total. The average molecular weight is 573 g/mol. The van der Waals surface area contributed by atoms with Crippen LogP contribution < -0.4 is 0 Å². The summed E-state index contributed by atoms with van der Waals surface area (Å²) in [5, 5.41) is 9.22. The second-order valence-corrected chi connectivity index (χ2v) is 12.4. The number of fused-ring (bicyclic) bond motifs is 1. The van der Waals surface area contributed by atoms with E-state index in [1.54, 1.807) is 26.0 Å². The third-order valence-electron chi connectivity index (χ3n) is 7.15. The lowest BCUT2D eigenvalue weighted by Gasteiger charge is -2.19. The minimum atomic E-state index is -4.97. The lowest BCUT2D eigenvalue weighted by molar-refractivity contribution is -0.147. The molecule has 1 aliphatic carbocycles. The number of aromatic nitrogens is 2. The monoisotopic (exact) mass is 572 g/mol. The van der Waals surface area contributed by atoms with E-state index in [1.807, 2.05) is 30.3 Å². The first kappa shape index (κ1) is 27.9. The Morgan fingerprint density at radius 2 is 1.77 bits per heavy atom. The Morgan fingerprint density at radius 1 is 1.05 bits per heavy atom. The van der Waals surface area contributed by atoms with Crippen molar-refractivity contribution >= 4 is 26.7 Å². The number of benzene rings is 2. The second kappa shape index (κ2) is 10.4. The Bertz CT molecular complexity index is 1650. The van der Waals surface area contributed by atoms with Gasteiger partial charge in [-0.15, -0.1) is 0 Å². The maximum absolute atomic E-state index is 14.3. The average Bonchev–Trinajstić information content (AvgIpc) is 3.53. The molecule has 1 saturated carbocycles. The van der Waals surface area contributed by atoms with Gasteiger partial charge < -0.3 is 14.8 Å². The van der Waals surface area contributed by atoms with E-state index in [0.29, 0.717) is 17.0 Å². The minimum Gasteiger partial charge on any atom is -0.481 e. The minimum absolute atomic E-state index is 0.168. The van der Waals surface area contributed by atoms with E-state index >= 15 is 0 Å². The highest BCUT2D eigenvalue weighted by Gasteiger charge is 2.48. The van der Waals surface area contributed by atoms with Gasteiger partial charge in [0.25, 0.3) is 0 Å². The molecule has 2 N–H and O–H groups in total. The van der Waals surface area contributed by atoms with Crippen LogP contribution in [0.15, 0.2) is 71.8 Å². The number of sulfone groups is 1. The van der Waals surface area contributed by atoms with E-state index in [9.17, 15) is 31.5 Å². The fourth-order valence-electron chi connectivity index (χ4n) is 5.30. The summed E-state index contributed by atoms with van der Waals surface area (Å²) >= 11 is 0. The van der Waals surface area contributed by atoms with Crippen LogP contribution in [0, 0.1) is 5.92 Å². The Labute approximate surface area is 228 Å². The third kappa shape index (κ3) is 5.35. The van der Waals surface area contributed by atoms with E-state index in [1.165, 1.54) is 12.3 Å². The number of alkyl halides is 3. The van der Waals surface area contributed by atoms with Crippen LogP contribution in [0.3, 0.4) is 0 Å². The van der Waals surface area contributed by atoms with Crippen molar-refractivity contribution in [2.24, 2.45) is 5.92 Å². The predicted octanol–water partition coefficient (Wildman–Crippen LogP) is 6.35. The smallest absolute Gasteiger partial charge is 0.417 e. The fraction of sp³-hybridized carbons (Fsp3) is 0.310. The Balaban J connectivity index is 1.52. The van der Waals surface area contributed by atoms with E-state index in [-0.39, 0.29) is 24.5 Å². The van der Waals surface area contributed by atoms with E-state index < -0.39 is 49.7 Å². The largest absolute Gasteiger partial charge is 0.481 e. The number of H-pyrrole nitrogens is 1. The Hall–Kier alpha value is -3.70. The first-order valence-electron chi connectivity index (χ1n) is 12.7. The van der Waals surface area contributed by atoms with Crippen molar-refractivity contribution in [1.29, 1.82) is 0 Å². The van der Waals surface area contributed by atoms with Gasteiger partial charge in [0.1, 0.15) is 0 Å². The summed E-state index contributed by atoms with van der Waals surface area (Å²) in [7, 11) is -4.53. The summed E-state index contributed by atoms with van der Waals surface area (Å²) in [5.74, 6) is -2.37. The maximum Gasteiger partial charge on any atom is 0.417 e. The molecule has 0 bridgehead atoms. The molecule has 0 radical (unpaired) electrons. The van der Waals surface area contributed by atoms with Gasteiger partial charge in [-0.25, -0.2) is 8.42 Å². The van der Waals surface area contributed by atoms with E-state index in [4.69, 9.17) is 4.74 Å². The second-order valence-electron chi connectivity index (χ2n) is 10.2.